The highest BCUT2D eigenvalue weighted by atomic mass is 16.4. The highest BCUT2D eigenvalue weighted by Gasteiger charge is 2.57. The Morgan fingerprint density at radius 3 is 2.77 bits per heavy atom. The Hall–Kier alpha value is -0.710. The minimum Gasteiger partial charge on any atom is -0.390 e. The van der Waals surface area contributed by atoms with E-state index in [2.05, 4.69) is 4.99 Å². The number of fused-ring (bicyclic) bond motifs is 1. The van der Waals surface area contributed by atoms with Crippen molar-refractivity contribution >= 4 is 6.21 Å². The Balaban J connectivity index is 2.43. The fourth-order valence-electron chi connectivity index (χ4n) is 2.18. The lowest BCUT2D eigenvalue weighted by Gasteiger charge is -2.32. The van der Waals surface area contributed by atoms with Gasteiger partial charge in [0.2, 0.25) is 0 Å². The number of hydrogen-bond donors (Lipinski definition) is 3. The van der Waals surface area contributed by atoms with Gasteiger partial charge in [-0.1, -0.05) is 0 Å². The second kappa shape index (κ2) is 2.41. The molecule has 0 amide bonds. The lowest BCUT2D eigenvalue weighted by atomic mass is 9.83. The SMILES string of the molecule is CC1(O)CC(O)C2(O)C=CN=CC12. The molecule has 0 spiro atoms. The van der Waals surface area contributed by atoms with Crippen LogP contribution in [-0.2, 0) is 0 Å². The van der Waals surface area contributed by atoms with Crippen LogP contribution in [0.1, 0.15) is 13.3 Å². The zero-order valence-electron chi connectivity index (χ0n) is 7.38. The minimum absolute atomic E-state index is 0.171. The van der Waals surface area contributed by atoms with Crippen LogP contribution in [0.2, 0.25) is 0 Å². The van der Waals surface area contributed by atoms with Gasteiger partial charge in [-0.2, -0.15) is 0 Å². The molecule has 13 heavy (non-hydrogen) atoms. The van der Waals surface area contributed by atoms with Gasteiger partial charge in [-0.15, -0.1) is 0 Å². The van der Waals surface area contributed by atoms with Crippen molar-refractivity contribution in [2.75, 3.05) is 0 Å². The summed E-state index contributed by atoms with van der Waals surface area (Å²) < 4.78 is 0. The van der Waals surface area contributed by atoms with Crippen molar-refractivity contribution in [2.24, 2.45) is 10.9 Å². The third kappa shape index (κ3) is 1.06. The summed E-state index contributed by atoms with van der Waals surface area (Å²) in [5, 5.41) is 29.5. The van der Waals surface area contributed by atoms with Gasteiger partial charge in [-0.05, 0) is 13.0 Å². The molecule has 0 aromatic carbocycles. The Morgan fingerprint density at radius 2 is 2.15 bits per heavy atom. The monoisotopic (exact) mass is 183 g/mol. The molecule has 0 aromatic heterocycles. The van der Waals surface area contributed by atoms with E-state index in [1.54, 1.807) is 6.92 Å². The molecule has 4 heteroatoms. The first-order valence-corrected chi connectivity index (χ1v) is 4.30. The van der Waals surface area contributed by atoms with E-state index in [9.17, 15) is 15.3 Å². The molecule has 72 valence electrons. The lowest BCUT2D eigenvalue weighted by molar-refractivity contribution is -0.0395. The van der Waals surface area contributed by atoms with Crippen molar-refractivity contribution in [1.29, 1.82) is 0 Å². The Bertz CT molecular complexity index is 285. The molecule has 4 atom stereocenters. The van der Waals surface area contributed by atoms with Gasteiger partial charge in [0.05, 0.1) is 17.6 Å². The number of nitrogens with zero attached hydrogens (tertiary/aromatic N) is 1. The summed E-state index contributed by atoms with van der Waals surface area (Å²) in [6, 6.07) is 0. The van der Waals surface area contributed by atoms with E-state index in [4.69, 9.17) is 0 Å². The first kappa shape index (κ1) is 8.87. The first-order chi connectivity index (χ1) is 5.97. The molecule has 0 aromatic rings. The van der Waals surface area contributed by atoms with Crippen molar-refractivity contribution in [3.8, 4) is 0 Å². The number of hydrogen-bond acceptors (Lipinski definition) is 4. The molecule has 1 aliphatic heterocycles. The summed E-state index contributed by atoms with van der Waals surface area (Å²) in [6.07, 6.45) is 3.64. The van der Waals surface area contributed by atoms with Gasteiger partial charge in [-0.25, -0.2) is 0 Å². The van der Waals surface area contributed by atoms with Crippen LogP contribution < -0.4 is 0 Å². The lowest BCUT2D eigenvalue weighted by Crippen LogP contribution is -2.46. The molecule has 1 saturated carbocycles. The van der Waals surface area contributed by atoms with Crippen molar-refractivity contribution in [3.63, 3.8) is 0 Å². The summed E-state index contributed by atoms with van der Waals surface area (Å²) in [4.78, 5) is 3.86. The van der Waals surface area contributed by atoms with Crippen LogP contribution in [-0.4, -0.2) is 38.8 Å². The maximum absolute atomic E-state index is 10.0. The molecule has 1 fully saturated rings. The summed E-state index contributed by atoms with van der Waals surface area (Å²) in [5.41, 5.74) is -2.42. The molecule has 2 aliphatic rings. The smallest absolute Gasteiger partial charge is 0.121 e. The third-order valence-corrected chi connectivity index (χ3v) is 2.97. The Labute approximate surface area is 76.2 Å². The highest BCUT2D eigenvalue weighted by molar-refractivity contribution is 5.69. The maximum Gasteiger partial charge on any atom is 0.121 e. The van der Waals surface area contributed by atoms with E-state index in [0.29, 0.717) is 0 Å². The topological polar surface area (TPSA) is 73.0 Å². The van der Waals surface area contributed by atoms with E-state index in [-0.39, 0.29) is 6.42 Å². The fourth-order valence-corrected chi connectivity index (χ4v) is 2.18. The van der Waals surface area contributed by atoms with Gasteiger partial charge in [0, 0.05) is 18.8 Å². The van der Waals surface area contributed by atoms with Crippen LogP contribution in [0.25, 0.3) is 0 Å². The molecular formula is C9H13NO3. The van der Waals surface area contributed by atoms with Crippen LogP contribution in [0.5, 0.6) is 0 Å². The molecule has 1 aliphatic carbocycles. The molecule has 3 N–H and O–H groups in total. The second-order valence-corrected chi connectivity index (χ2v) is 4.06. The largest absolute Gasteiger partial charge is 0.390 e. The van der Waals surface area contributed by atoms with Crippen LogP contribution in [0.3, 0.4) is 0 Å². The molecular weight excluding hydrogens is 170 g/mol. The van der Waals surface area contributed by atoms with Gasteiger partial charge in [0.15, 0.2) is 0 Å². The van der Waals surface area contributed by atoms with Gasteiger partial charge in [0.1, 0.15) is 5.60 Å². The molecule has 2 rings (SSSR count). The van der Waals surface area contributed by atoms with E-state index in [0.717, 1.165) is 0 Å². The average molecular weight is 183 g/mol. The van der Waals surface area contributed by atoms with Crippen molar-refractivity contribution in [2.45, 2.75) is 30.7 Å². The zero-order valence-corrected chi connectivity index (χ0v) is 7.38. The maximum atomic E-state index is 10.0. The zero-order chi connectivity index (χ0) is 9.69. The van der Waals surface area contributed by atoms with Crippen molar-refractivity contribution in [3.05, 3.63) is 12.3 Å². The van der Waals surface area contributed by atoms with Gasteiger partial charge >= 0.3 is 0 Å². The molecule has 1 heterocycles. The molecule has 4 unspecified atom stereocenters. The molecule has 0 saturated heterocycles. The number of aliphatic imine (C=N–C) groups is 1. The molecule has 0 bridgehead atoms. The first-order valence-electron chi connectivity index (χ1n) is 4.30. The normalized spacial score (nSPS) is 53.8. The van der Waals surface area contributed by atoms with E-state index >= 15 is 0 Å². The summed E-state index contributed by atoms with van der Waals surface area (Å²) in [7, 11) is 0. The molecule has 0 radical (unpaired) electrons. The summed E-state index contributed by atoms with van der Waals surface area (Å²) in [6.45, 7) is 1.60. The summed E-state index contributed by atoms with van der Waals surface area (Å²) in [5.74, 6) is -0.514. The third-order valence-electron chi connectivity index (χ3n) is 2.97. The van der Waals surface area contributed by atoms with Crippen LogP contribution >= 0.6 is 0 Å². The minimum atomic E-state index is -1.34. The van der Waals surface area contributed by atoms with E-state index in [1.165, 1.54) is 18.5 Å². The predicted molar refractivity (Wildman–Crippen MR) is 47.3 cm³/mol. The predicted octanol–water partition coefficient (Wildman–Crippen LogP) is -0.553. The van der Waals surface area contributed by atoms with E-state index < -0.39 is 23.2 Å². The average Bonchev–Trinajstić information content (AvgIpc) is 2.20. The number of aliphatic hydroxyl groups excluding tert-OH is 1. The van der Waals surface area contributed by atoms with Gasteiger partial charge < -0.3 is 15.3 Å². The number of rotatable bonds is 0. The van der Waals surface area contributed by atoms with Crippen LogP contribution in [0.4, 0.5) is 0 Å². The Morgan fingerprint density at radius 1 is 1.46 bits per heavy atom. The molecule has 4 nitrogen and oxygen atoms in total. The van der Waals surface area contributed by atoms with Crippen LogP contribution in [0.15, 0.2) is 17.3 Å². The second-order valence-electron chi connectivity index (χ2n) is 4.06. The van der Waals surface area contributed by atoms with E-state index in [1.807, 2.05) is 0 Å². The highest BCUT2D eigenvalue weighted by Crippen LogP contribution is 2.44. The fraction of sp³-hybridized carbons (Fsp3) is 0.667. The summed E-state index contributed by atoms with van der Waals surface area (Å²) >= 11 is 0. The Kier molecular flexibility index (Phi) is 1.64. The van der Waals surface area contributed by atoms with Crippen molar-refractivity contribution < 1.29 is 15.3 Å². The number of aliphatic hydroxyl groups is 3. The standard InChI is InChI=1S/C9H13NO3/c1-8(12)4-7(11)9(13)2-3-10-5-6(8)9/h2-3,5-7,11-13H,4H2,1H3. The van der Waals surface area contributed by atoms with Gasteiger partial charge in [0.25, 0.3) is 0 Å². The van der Waals surface area contributed by atoms with Crippen molar-refractivity contribution in [1.82, 2.24) is 0 Å². The van der Waals surface area contributed by atoms with Gasteiger partial charge in [-0.3, -0.25) is 4.99 Å². The quantitative estimate of drug-likeness (QED) is 0.471. The van der Waals surface area contributed by atoms with Crippen LogP contribution in [0, 0.1) is 5.92 Å².